The molecule has 0 amide bonds. The number of nitrogens with zero attached hydrogens (tertiary/aromatic N) is 3. The van der Waals surface area contributed by atoms with Crippen molar-refractivity contribution in [1.82, 2.24) is 15.0 Å². The zero-order valence-electron chi connectivity index (χ0n) is 30.3. The van der Waals surface area contributed by atoms with Crippen molar-refractivity contribution >= 4 is 32.4 Å². The lowest BCUT2D eigenvalue weighted by Crippen LogP contribution is -1.97. The van der Waals surface area contributed by atoms with E-state index >= 15 is 0 Å². The van der Waals surface area contributed by atoms with E-state index in [9.17, 15) is 0 Å². The van der Waals surface area contributed by atoms with Crippen LogP contribution in [0.25, 0.3) is 99.7 Å². The lowest BCUT2D eigenvalue weighted by atomic mass is 9.90. The molecule has 3 nitrogen and oxygen atoms in total. The molecule has 0 aliphatic rings. The summed E-state index contributed by atoms with van der Waals surface area (Å²) in [6.45, 7) is 2.13. The highest BCUT2D eigenvalue weighted by Crippen LogP contribution is 2.40. The van der Waals surface area contributed by atoms with E-state index in [0.717, 1.165) is 61.2 Å². The highest BCUT2D eigenvalue weighted by atomic mass is 14.9. The molecular weight excluding hydrogens is 667 g/mol. The van der Waals surface area contributed by atoms with Gasteiger partial charge in [-0.15, -0.1) is 0 Å². The third kappa shape index (κ3) is 6.12. The van der Waals surface area contributed by atoms with E-state index in [1.807, 2.05) is 24.4 Å². The summed E-state index contributed by atoms with van der Waals surface area (Å²) in [4.78, 5) is 15.3. The summed E-state index contributed by atoms with van der Waals surface area (Å²) in [6, 6.07) is 66.9. The molecule has 0 fully saturated rings. The van der Waals surface area contributed by atoms with Gasteiger partial charge < -0.3 is 0 Å². The summed E-state index contributed by atoms with van der Waals surface area (Å²) in [5.74, 6) is 0.688. The Morgan fingerprint density at radius 3 is 1.85 bits per heavy atom. The van der Waals surface area contributed by atoms with E-state index in [-0.39, 0.29) is 0 Å². The highest BCUT2D eigenvalue weighted by molar-refractivity contribution is 6.14. The molecule has 10 rings (SSSR count). The van der Waals surface area contributed by atoms with Crippen LogP contribution in [0, 0.1) is 6.92 Å². The van der Waals surface area contributed by atoms with Gasteiger partial charge in [-0.2, -0.15) is 0 Å². The van der Waals surface area contributed by atoms with Crippen LogP contribution in [-0.2, 0) is 0 Å². The summed E-state index contributed by atoms with van der Waals surface area (Å²) in [6.07, 6.45) is 1.84. The van der Waals surface area contributed by atoms with Crippen LogP contribution >= 0.6 is 0 Å². The van der Waals surface area contributed by atoms with Gasteiger partial charge in [-0.3, -0.25) is 4.98 Å². The zero-order chi connectivity index (χ0) is 36.7. The Balaban J connectivity index is 1.20. The molecule has 0 radical (unpaired) electrons. The van der Waals surface area contributed by atoms with Gasteiger partial charge >= 0.3 is 0 Å². The van der Waals surface area contributed by atoms with Crippen molar-refractivity contribution in [3.63, 3.8) is 0 Å². The molecule has 0 atom stereocenters. The molecule has 0 saturated carbocycles. The first-order valence-electron chi connectivity index (χ1n) is 18.7. The van der Waals surface area contributed by atoms with Gasteiger partial charge in [0.2, 0.25) is 0 Å². The monoisotopic (exact) mass is 701 g/mol. The molecule has 2 heterocycles. The number of pyridine rings is 1. The Morgan fingerprint density at radius 2 is 1.04 bits per heavy atom. The molecule has 0 aliphatic carbocycles. The standard InChI is InChI=1S/C52H35N3/c1-34-12-11-16-38(28-34)39-25-26-50-48(32-39)51(37-13-3-2-4-14-37)55-52(54-50)43-30-41(35-21-23-36(24-22-35)49-20-9-10-27-53-49)29-42(31-43)47-33-40-15-5-6-17-44(40)45-18-7-8-19-46(45)47/h2-33H,1H3. The Labute approximate surface area is 320 Å². The average molecular weight is 702 g/mol. The molecule has 0 aliphatic heterocycles. The zero-order valence-corrected chi connectivity index (χ0v) is 30.3. The number of hydrogen-bond donors (Lipinski definition) is 0. The predicted molar refractivity (Wildman–Crippen MR) is 230 cm³/mol. The second-order valence-electron chi connectivity index (χ2n) is 14.1. The highest BCUT2D eigenvalue weighted by Gasteiger charge is 2.17. The van der Waals surface area contributed by atoms with Gasteiger partial charge in [0.1, 0.15) is 0 Å². The molecule has 10 aromatic rings. The van der Waals surface area contributed by atoms with Crippen molar-refractivity contribution in [3.05, 3.63) is 200 Å². The molecule has 8 aromatic carbocycles. The smallest absolute Gasteiger partial charge is 0.160 e. The van der Waals surface area contributed by atoms with E-state index in [1.54, 1.807) is 0 Å². The Hall–Kier alpha value is -7.23. The van der Waals surface area contributed by atoms with Crippen molar-refractivity contribution in [1.29, 1.82) is 0 Å². The minimum Gasteiger partial charge on any atom is -0.256 e. The van der Waals surface area contributed by atoms with Gasteiger partial charge in [0.25, 0.3) is 0 Å². The lowest BCUT2D eigenvalue weighted by Gasteiger charge is -2.16. The van der Waals surface area contributed by atoms with Crippen LogP contribution < -0.4 is 0 Å². The minimum absolute atomic E-state index is 0.688. The fourth-order valence-electron chi connectivity index (χ4n) is 7.82. The van der Waals surface area contributed by atoms with Crippen molar-refractivity contribution in [2.24, 2.45) is 0 Å². The number of aromatic nitrogens is 3. The topological polar surface area (TPSA) is 38.7 Å². The molecule has 2 aromatic heterocycles. The van der Waals surface area contributed by atoms with E-state index < -0.39 is 0 Å². The maximum Gasteiger partial charge on any atom is 0.160 e. The molecule has 3 heteroatoms. The number of rotatable bonds is 6. The van der Waals surface area contributed by atoms with Gasteiger partial charge in [0.05, 0.1) is 16.9 Å². The average Bonchev–Trinajstić information content (AvgIpc) is 3.26. The predicted octanol–water partition coefficient (Wildman–Crippen LogP) is 13.6. The van der Waals surface area contributed by atoms with Gasteiger partial charge in [0, 0.05) is 28.3 Å². The normalized spacial score (nSPS) is 11.4. The first-order valence-corrected chi connectivity index (χ1v) is 18.7. The summed E-state index contributed by atoms with van der Waals surface area (Å²) in [5, 5.41) is 5.93. The Kier molecular flexibility index (Phi) is 8.04. The number of benzene rings is 8. The molecule has 55 heavy (non-hydrogen) atoms. The largest absolute Gasteiger partial charge is 0.256 e. The number of aryl methyl sites for hydroxylation is 1. The molecule has 0 bridgehead atoms. The number of fused-ring (bicyclic) bond motifs is 4. The Morgan fingerprint density at radius 1 is 0.364 bits per heavy atom. The molecule has 0 saturated heterocycles. The third-order valence-corrected chi connectivity index (χ3v) is 10.5. The summed E-state index contributed by atoms with van der Waals surface area (Å²) in [7, 11) is 0. The molecule has 258 valence electrons. The first-order chi connectivity index (χ1) is 27.1. The van der Waals surface area contributed by atoms with Crippen molar-refractivity contribution in [3.8, 4) is 67.3 Å². The van der Waals surface area contributed by atoms with Gasteiger partial charge in [0.15, 0.2) is 5.82 Å². The molecule has 0 N–H and O–H groups in total. The maximum absolute atomic E-state index is 5.41. The van der Waals surface area contributed by atoms with E-state index in [4.69, 9.17) is 9.97 Å². The SMILES string of the molecule is Cc1cccc(-c2ccc3nc(-c4cc(-c5ccc(-c6ccccn6)cc5)cc(-c5cc6ccccc6c6ccccc56)c4)nc(-c4ccccc4)c3c2)c1. The van der Waals surface area contributed by atoms with Crippen molar-refractivity contribution < 1.29 is 0 Å². The van der Waals surface area contributed by atoms with Crippen LogP contribution in [0.2, 0.25) is 0 Å². The van der Waals surface area contributed by atoms with Gasteiger partial charge in [-0.25, -0.2) is 9.97 Å². The second kappa shape index (κ2) is 13.6. The van der Waals surface area contributed by atoms with Gasteiger partial charge in [-0.1, -0.05) is 145 Å². The molecule has 0 unspecified atom stereocenters. The summed E-state index contributed by atoms with van der Waals surface area (Å²) in [5.41, 5.74) is 13.9. The van der Waals surface area contributed by atoms with Crippen LogP contribution in [0.1, 0.15) is 5.56 Å². The van der Waals surface area contributed by atoms with Crippen LogP contribution in [0.5, 0.6) is 0 Å². The fourth-order valence-corrected chi connectivity index (χ4v) is 7.82. The van der Waals surface area contributed by atoms with Crippen LogP contribution in [0.4, 0.5) is 0 Å². The first kappa shape index (κ1) is 32.4. The second-order valence-corrected chi connectivity index (χ2v) is 14.1. The van der Waals surface area contributed by atoms with Crippen molar-refractivity contribution in [2.75, 3.05) is 0 Å². The quantitative estimate of drug-likeness (QED) is 0.162. The Bertz CT molecular complexity index is 3020. The van der Waals surface area contributed by atoms with Crippen LogP contribution in [0.15, 0.2) is 194 Å². The minimum atomic E-state index is 0.688. The van der Waals surface area contributed by atoms with Crippen LogP contribution in [0.3, 0.4) is 0 Å². The number of hydrogen-bond acceptors (Lipinski definition) is 3. The van der Waals surface area contributed by atoms with E-state index in [2.05, 4.69) is 182 Å². The summed E-state index contributed by atoms with van der Waals surface area (Å²) < 4.78 is 0. The van der Waals surface area contributed by atoms with E-state index in [1.165, 1.54) is 38.2 Å². The molecule has 0 spiro atoms. The van der Waals surface area contributed by atoms with Crippen molar-refractivity contribution in [2.45, 2.75) is 6.92 Å². The van der Waals surface area contributed by atoms with E-state index in [0.29, 0.717) is 5.82 Å². The maximum atomic E-state index is 5.41. The van der Waals surface area contributed by atoms with Crippen LogP contribution in [-0.4, -0.2) is 15.0 Å². The fraction of sp³-hybridized carbons (Fsp3) is 0.0192. The molecular formula is C52H35N3. The van der Waals surface area contributed by atoms with Gasteiger partial charge in [-0.05, 0) is 110 Å². The lowest BCUT2D eigenvalue weighted by molar-refractivity contribution is 1.23. The summed E-state index contributed by atoms with van der Waals surface area (Å²) >= 11 is 0. The third-order valence-electron chi connectivity index (χ3n) is 10.5.